The quantitative estimate of drug-likeness (QED) is 0.742. The maximum atomic E-state index is 11.8. The number of benzene rings is 2. The molecule has 0 saturated heterocycles. The molecule has 0 aliphatic rings. The van der Waals surface area contributed by atoms with Crippen LogP contribution in [0.2, 0.25) is 10.0 Å². The average molecular weight is 325 g/mol. The van der Waals surface area contributed by atoms with Crippen LogP contribution in [0.3, 0.4) is 0 Å². The number of hydrogen-bond acceptors (Lipinski definition) is 3. The molecule has 2 rings (SSSR count). The highest BCUT2D eigenvalue weighted by atomic mass is 35.5. The topological polar surface area (TPSA) is 78.4 Å². The second-order valence-corrected chi connectivity index (χ2v) is 4.93. The minimum Gasteiger partial charge on any atom is -0.508 e. The van der Waals surface area contributed by atoms with Crippen LogP contribution in [0.5, 0.6) is 5.75 Å². The summed E-state index contributed by atoms with van der Waals surface area (Å²) >= 11 is 11.7. The van der Waals surface area contributed by atoms with Crippen LogP contribution in [-0.2, 0) is 9.59 Å². The summed E-state index contributed by atoms with van der Waals surface area (Å²) in [6.07, 6.45) is 0. The van der Waals surface area contributed by atoms with Crippen molar-refractivity contribution in [3.8, 4) is 5.75 Å². The molecule has 0 atom stereocenters. The maximum Gasteiger partial charge on any atom is 0.314 e. The number of carbonyl (C=O) groups excluding carboxylic acids is 2. The molecule has 0 bridgehead atoms. The van der Waals surface area contributed by atoms with Crippen LogP contribution < -0.4 is 10.6 Å². The van der Waals surface area contributed by atoms with Crippen molar-refractivity contribution in [1.82, 2.24) is 0 Å². The molecule has 2 aromatic rings. The summed E-state index contributed by atoms with van der Waals surface area (Å²) in [5.41, 5.74) is 0.535. The summed E-state index contributed by atoms with van der Waals surface area (Å²) in [7, 11) is 0. The Balaban J connectivity index is 2.06. The number of nitrogens with one attached hydrogen (secondary N) is 2. The predicted molar refractivity (Wildman–Crippen MR) is 81.8 cm³/mol. The Kier molecular flexibility index (Phi) is 4.67. The first-order chi connectivity index (χ1) is 9.95. The number of rotatable bonds is 2. The van der Waals surface area contributed by atoms with Gasteiger partial charge in [-0.15, -0.1) is 0 Å². The summed E-state index contributed by atoms with van der Waals surface area (Å²) in [5, 5.41) is 14.6. The molecule has 0 radical (unpaired) electrons. The Hall–Kier alpha value is -2.24. The SMILES string of the molecule is O=C(Nc1cccc(O)c1)C(=O)Nc1cc(Cl)ccc1Cl. The largest absolute Gasteiger partial charge is 0.508 e. The van der Waals surface area contributed by atoms with Crippen molar-refractivity contribution in [2.45, 2.75) is 0 Å². The van der Waals surface area contributed by atoms with Crippen molar-refractivity contribution in [3.63, 3.8) is 0 Å². The zero-order valence-electron chi connectivity index (χ0n) is 10.6. The van der Waals surface area contributed by atoms with E-state index < -0.39 is 11.8 Å². The number of carbonyl (C=O) groups is 2. The van der Waals surface area contributed by atoms with Crippen LogP contribution in [0.15, 0.2) is 42.5 Å². The summed E-state index contributed by atoms with van der Waals surface area (Å²) in [6.45, 7) is 0. The molecule has 7 heteroatoms. The van der Waals surface area contributed by atoms with E-state index in [-0.39, 0.29) is 16.5 Å². The molecule has 2 aromatic carbocycles. The molecule has 0 spiro atoms. The minimum absolute atomic E-state index is 0.0221. The van der Waals surface area contributed by atoms with E-state index in [1.165, 1.54) is 36.4 Å². The number of anilines is 2. The predicted octanol–water partition coefficient (Wildman–Crippen LogP) is 3.28. The monoisotopic (exact) mass is 324 g/mol. The second-order valence-electron chi connectivity index (χ2n) is 4.08. The first-order valence-corrected chi connectivity index (χ1v) is 6.58. The standard InChI is InChI=1S/C14H10Cl2N2O3/c15-8-4-5-11(16)12(6-8)18-14(21)13(20)17-9-2-1-3-10(19)7-9/h1-7,19H,(H,17,20)(H,18,21). The van der Waals surface area contributed by atoms with Gasteiger partial charge in [0, 0.05) is 16.8 Å². The van der Waals surface area contributed by atoms with E-state index in [0.29, 0.717) is 10.7 Å². The zero-order valence-corrected chi connectivity index (χ0v) is 12.1. The lowest BCUT2D eigenvalue weighted by molar-refractivity contribution is -0.132. The van der Waals surface area contributed by atoms with Gasteiger partial charge < -0.3 is 15.7 Å². The highest BCUT2D eigenvalue weighted by molar-refractivity contribution is 6.45. The van der Waals surface area contributed by atoms with Gasteiger partial charge >= 0.3 is 11.8 Å². The number of phenolic OH excluding ortho intramolecular Hbond substituents is 1. The van der Waals surface area contributed by atoms with Gasteiger partial charge in [-0.25, -0.2) is 0 Å². The lowest BCUT2D eigenvalue weighted by Crippen LogP contribution is -2.29. The molecule has 0 aromatic heterocycles. The molecular formula is C14H10Cl2N2O3. The van der Waals surface area contributed by atoms with E-state index in [9.17, 15) is 14.7 Å². The third-order valence-corrected chi connectivity index (χ3v) is 3.05. The van der Waals surface area contributed by atoms with Crippen molar-refractivity contribution in [2.75, 3.05) is 10.6 Å². The van der Waals surface area contributed by atoms with E-state index in [0.717, 1.165) is 0 Å². The minimum atomic E-state index is -0.900. The third-order valence-electron chi connectivity index (χ3n) is 2.49. The van der Waals surface area contributed by atoms with Crippen LogP contribution in [0.4, 0.5) is 11.4 Å². The van der Waals surface area contributed by atoms with E-state index in [1.54, 1.807) is 6.07 Å². The molecule has 0 unspecified atom stereocenters. The average Bonchev–Trinajstić information content (AvgIpc) is 2.43. The van der Waals surface area contributed by atoms with Gasteiger partial charge in [-0.3, -0.25) is 9.59 Å². The number of hydrogen-bond donors (Lipinski definition) is 3. The molecule has 3 N–H and O–H groups in total. The Morgan fingerprint density at radius 1 is 0.952 bits per heavy atom. The first kappa shape index (κ1) is 15.2. The van der Waals surface area contributed by atoms with Gasteiger partial charge in [0.05, 0.1) is 10.7 Å². The Bertz CT molecular complexity index is 704. The van der Waals surface area contributed by atoms with Crippen LogP contribution >= 0.6 is 23.2 Å². The smallest absolute Gasteiger partial charge is 0.314 e. The maximum absolute atomic E-state index is 11.8. The molecule has 0 saturated carbocycles. The number of halogens is 2. The molecule has 0 aliphatic heterocycles. The van der Waals surface area contributed by atoms with Gasteiger partial charge in [0.15, 0.2) is 0 Å². The Morgan fingerprint density at radius 2 is 1.67 bits per heavy atom. The van der Waals surface area contributed by atoms with Crippen LogP contribution in [0.25, 0.3) is 0 Å². The van der Waals surface area contributed by atoms with Crippen LogP contribution in [0, 0.1) is 0 Å². The van der Waals surface area contributed by atoms with Crippen molar-refractivity contribution < 1.29 is 14.7 Å². The van der Waals surface area contributed by atoms with E-state index in [4.69, 9.17) is 23.2 Å². The highest BCUT2D eigenvalue weighted by Gasteiger charge is 2.15. The molecular weight excluding hydrogens is 315 g/mol. The molecule has 108 valence electrons. The highest BCUT2D eigenvalue weighted by Crippen LogP contribution is 2.25. The third kappa shape index (κ3) is 4.11. The van der Waals surface area contributed by atoms with E-state index in [1.807, 2.05) is 0 Å². The number of aromatic hydroxyl groups is 1. The van der Waals surface area contributed by atoms with Crippen LogP contribution in [-0.4, -0.2) is 16.9 Å². The zero-order chi connectivity index (χ0) is 15.4. The first-order valence-electron chi connectivity index (χ1n) is 5.82. The van der Waals surface area contributed by atoms with Gasteiger partial charge in [-0.05, 0) is 30.3 Å². The van der Waals surface area contributed by atoms with Gasteiger partial charge in [0.2, 0.25) is 0 Å². The fourth-order valence-electron chi connectivity index (χ4n) is 1.54. The summed E-state index contributed by atoms with van der Waals surface area (Å²) < 4.78 is 0. The Morgan fingerprint density at radius 3 is 2.38 bits per heavy atom. The van der Waals surface area contributed by atoms with Gasteiger partial charge in [0.1, 0.15) is 5.75 Å². The normalized spacial score (nSPS) is 10.0. The summed E-state index contributed by atoms with van der Waals surface area (Å²) in [5.74, 6) is -1.81. The van der Waals surface area contributed by atoms with Crippen molar-refractivity contribution in [1.29, 1.82) is 0 Å². The Labute approximate surface area is 130 Å². The van der Waals surface area contributed by atoms with E-state index in [2.05, 4.69) is 10.6 Å². The van der Waals surface area contributed by atoms with Gasteiger partial charge in [-0.2, -0.15) is 0 Å². The number of phenols is 1. The molecule has 21 heavy (non-hydrogen) atoms. The van der Waals surface area contributed by atoms with Crippen LogP contribution in [0.1, 0.15) is 0 Å². The molecule has 5 nitrogen and oxygen atoms in total. The van der Waals surface area contributed by atoms with E-state index >= 15 is 0 Å². The molecule has 0 heterocycles. The molecule has 0 aliphatic carbocycles. The molecule has 0 fully saturated rings. The van der Waals surface area contributed by atoms with Crippen molar-refractivity contribution in [3.05, 3.63) is 52.5 Å². The summed E-state index contributed by atoms with van der Waals surface area (Å²) in [4.78, 5) is 23.5. The lowest BCUT2D eigenvalue weighted by Gasteiger charge is -2.08. The van der Waals surface area contributed by atoms with Crippen molar-refractivity contribution in [2.24, 2.45) is 0 Å². The second kappa shape index (κ2) is 6.47. The molecule has 2 amide bonds. The summed E-state index contributed by atoms with van der Waals surface area (Å²) in [6, 6.07) is 10.3. The number of amides is 2. The van der Waals surface area contributed by atoms with Crippen molar-refractivity contribution >= 4 is 46.4 Å². The fraction of sp³-hybridized carbons (Fsp3) is 0. The lowest BCUT2D eigenvalue weighted by atomic mass is 10.3. The fourth-order valence-corrected chi connectivity index (χ4v) is 1.88. The van der Waals surface area contributed by atoms with Gasteiger partial charge in [-0.1, -0.05) is 29.3 Å². The van der Waals surface area contributed by atoms with Gasteiger partial charge in [0.25, 0.3) is 0 Å².